The van der Waals surface area contributed by atoms with Crippen LogP contribution in [0.25, 0.3) is 10.9 Å². The molecular weight excluding hydrogens is 370 g/mol. The van der Waals surface area contributed by atoms with Gasteiger partial charge >= 0.3 is 0 Å². The Morgan fingerprint density at radius 1 is 1.03 bits per heavy atom. The fourth-order valence-electron chi connectivity index (χ4n) is 4.83. The summed E-state index contributed by atoms with van der Waals surface area (Å²) in [5.41, 5.74) is 12.8. The van der Waals surface area contributed by atoms with E-state index >= 15 is 0 Å². The van der Waals surface area contributed by atoms with E-state index in [1.54, 1.807) is 23.0 Å². The largest absolute Gasteiger partial charge is 0.474 e. The van der Waals surface area contributed by atoms with Crippen molar-refractivity contribution in [3.8, 4) is 5.88 Å². The quantitative estimate of drug-likeness (QED) is 0.689. The van der Waals surface area contributed by atoms with Crippen molar-refractivity contribution >= 4 is 22.7 Å². The van der Waals surface area contributed by atoms with Gasteiger partial charge in [0.05, 0.1) is 11.6 Å². The highest BCUT2D eigenvalue weighted by Gasteiger charge is 2.55. The fourth-order valence-corrected chi connectivity index (χ4v) is 4.83. The highest BCUT2D eigenvalue weighted by molar-refractivity contribution is 6.04. The molecule has 0 saturated heterocycles. The minimum atomic E-state index is -0.546. The number of carbonyl (C=O) groups excluding carboxylic acids is 2. The van der Waals surface area contributed by atoms with Gasteiger partial charge in [0.1, 0.15) is 17.4 Å². The van der Waals surface area contributed by atoms with Gasteiger partial charge in [0.25, 0.3) is 11.8 Å². The maximum Gasteiger partial charge on any atom is 0.267 e. The van der Waals surface area contributed by atoms with Crippen LogP contribution in [0.2, 0.25) is 0 Å². The van der Waals surface area contributed by atoms with Gasteiger partial charge in [-0.25, -0.2) is 4.98 Å². The molecule has 2 heterocycles. The normalized spacial score (nSPS) is 25.4. The van der Waals surface area contributed by atoms with Crippen molar-refractivity contribution in [2.24, 2.45) is 16.9 Å². The summed E-state index contributed by atoms with van der Waals surface area (Å²) in [6, 6.07) is 11.0. The smallest absolute Gasteiger partial charge is 0.267 e. The Kier molecular flexibility index (Phi) is 3.84. The van der Waals surface area contributed by atoms with Crippen LogP contribution in [0.3, 0.4) is 0 Å². The van der Waals surface area contributed by atoms with E-state index in [2.05, 4.69) is 10.1 Å². The predicted octanol–water partition coefficient (Wildman–Crippen LogP) is 2.19. The molecule has 0 unspecified atom stereocenters. The predicted molar refractivity (Wildman–Crippen MR) is 105 cm³/mol. The second-order valence-electron chi connectivity index (χ2n) is 8.11. The molecule has 2 amide bonds. The Balaban J connectivity index is 1.27. The Labute approximate surface area is 166 Å². The molecule has 1 aromatic carbocycles. The average Bonchev–Trinajstić information content (AvgIpc) is 3.01. The molecular formula is C21H21N5O3. The zero-order chi connectivity index (χ0) is 20.2. The monoisotopic (exact) mass is 391 g/mol. The van der Waals surface area contributed by atoms with Gasteiger partial charge in [0, 0.05) is 11.6 Å². The Morgan fingerprint density at radius 3 is 2.52 bits per heavy atom. The SMILES string of the molecule is NC(=O)c1cccnc1OC1CC2(C1)CC(n1nc3ccccc3c1C(N)=O)C2. The number of aromatic nitrogens is 3. The third-order valence-corrected chi connectivity index (χ3v) is 6.16. The van der Waals surface area contributed by atoms with Crippen molar-refractivity contribution in [2.75, 3.05) is 0 Å². The Bertz CT molecular complexity index is 1120. The molecule has 2 aromatic heterocycles. The molecule has 0 atom stereocenters. The zero-order valence-corrected chi connectivity index (χ0v) is 15.7. The molecule has 1 spiro atoms. The van der Waals surface area contributed by atoms with Crippen molar-refractivity contribution in [1.29, 1.82) is 0 Å². The van der Waals surface area contributed by atoms with Crippen molar-refractivity contribution in [1.82, 2.24) is 14.8 Å². The number of benzene rings is 1. The van der Waals surface area contributed by atoms with Gasteiger partial charge < -0.3 is 16.2 Å². The van der Waals surface area contributed by atoms with E-state index in [-0.39, 0.29) is 17.6 Å². The first kappa shape index (κ1) is 17.7. The number of hydrogen-bond donors (Lipinski definition) is 2. The average molecular weight is 391 g/mol. The van der Waals surface area contributed by atoms with Crippen LogP contribution in [0, 0.1) is 5.41 Å². The lowest BCUT2D eigenvalue weighted by Gasteiger charge is -2.57. The maximum absolute atomic E-state index is 12.0. The second-order valence-corrected chi connectivity index (χ2v) is 8.11. The number of ether oxygens (including phenoxy) is 1. The van der Waals surface area contributed by atoms with Gasteiger partial charge in [0.2, 0.25) is 5.88 Å². The lowest BCUT2D eigenvalue weighted by molar-refractivity contribution is -0.0986. The summed E-state index contributed by atoms with van der Waals surface area (Å²) in [4.78, 5) is 27.7. The summed E-state index contributed by atoms with van der Waals surface area (Å²) in [7, 11) is 0. The second kappa shape index (κ2) is 6.30. The molecule has 8 nitrogen and oxygen atoms in total. The van der Waals surface area contributed by atoms with Crippen LogP contribution in [0.5, 0.6) is 5.88 Å². The Morgan fingerprint density at radius 2 is 1.79 bits per heavy atom. The van der Waals surface area contributed by atoms with Crippen LogP contribution >= 0.6 is 0 Å². The van der Waals surface area contributed by atoms with Crippen LogP contribution in [-0.2, 0) is 0 Å². The minimum Gasteiger partial charge on any atom is -0.474 e. The third-order valence-electron chi connectivity index (χ3n) is 6.16. The standard InChI is InChI=1S/C21H21N5O3/c22-18(27)15-5-3-7-24-20(15)29-13-10-21(11-13)8-12(9-21)26-17(19(23)28)14-4-1-2-6-16(14)25-26/h1-7,12-13H,8-11H2,(H2,22,27)(H2,23,28). The lowest BCUT2D eigenvalue weighted by Crippen LogP contribution is -2.53. The molecule has 2 aliphatic rings. The van der Waals surface area contributed by atoms with Gasteiger partial charge in [-0.3, -0.25) is 14.3 Å². The summed E-state index contributed by atoms with van der Waals surface area (Å²) < 4.78 is 7.72. The summed E-state index contributed by atoms with van der Waals surface area (Å²) in [5, 5.41) is 5.42. The first-order chi connectivity index (χ1) is 14.0. The molecule has 5 rings (SSSR count). The van der Waals surface area contributed by atoms with Crippen LogP contribution in [0.15, 0.2) is 42.6 Å². The molecule has 29 heavy (non-hydrogen) atoms. The molecule has 148 valence electrons. The van der Waals surface area contributed by atoms with E-state index in [0.717, 1.165) is 36.6 Å². The number of carbonyl (C=O) groups is 2. The van der Waals surface area contributed by atoms with Crippen molar-refractivity contribution in [3.63, 3.8) is 0 Å². The number of nitrogens with two attached hydrogens (primary N) is 2. The van der Waals surface area contributed by atoms with Gasteiger partial charge in [0.15, 0.2) is 0 Å². The van der Waals surface area contributed by atoms with Crippen LogP contribution < -0.4 is 16.2 Å². The summed E-state index contributed by atoms with van der Waals surface area (Å²) in [5.74, 6) is -0.704. The van der Waals surface area contributed by atoms with Crippen LogP contribution in [-0.4, -0.2) is 32.7 Å². The van der Waals surface area contributed by atoms with E-state index in [0.29, 0.717) is 17.1 Å². The Hall–Kier alpha value is -3.42. The molecule has 0 radical (unpaired) electrons. The van der Waals surface area contributed by atoms with E-state index < -0.39 is 11.8 Å². The molecule has 2 aliphatic carbocycles. The maximum atomic E-state index is 12.0. The number of primary amides is 2. The number of pyridine rings is 1. The van der Waals surface area contributed by atoms with E-state index in [4.69, 9.17) is 16.2 Å². The van der Waals surface area contributed by atoms with Crippen LogP contribution in [0.4, 0.5) is 0 Å². The van der Waals surface area contributed by atoms with E-state index in [1.165, 1.54) is 0 Å². The number of amides is 2. The summed E-state index contributed by atoms with van der Waals surface area (Å²) in [6.45, 7) is 0. The first-order valence-electron chi connectivity index (χ1n) is 9.64. The molecule has 0 bridgehead atoms. The van der Waals surface area contributed by atoms with Gasteiger partial charge in [-0.2, -0.15) is 5.10 Å². The van der Waals surface area contributed by atoms with Crippen LogP contribution in [0.1, 0.15) is 52.6 Å². The van der Waals surface area contributed by atoms with Crippen molar-refractivity contribution in [3.05, 3.63) is 53.9 Å². The molecule has 3 aromatic rings. The molecule has 4 N–H and O–H groups in total. The number of fused-ring (bicyclic) bond motifs is 1. The number of rotatable bonds is 5. The highest BCUT2D eigenvalue weighted by atomic mass is 16.5. The molecule has 2 fully saturated rings. The molecule has 2 saturated carbocycles. The highest BCUT2D eigenvalue weighted by Crippen LogP contribution is 2.61. The van der Waals surface area contributed by atoms with Crippen molar-refractivity contribution < 1.29 is 14.3 Å². The third kappa shape index (κ3) is 2.83. The summed E-state index contributed by atoms with van der Waals surface area (Å²) >= 11 is 0. The van der Waals surface area contributed by atoms with Crippen molar-refractivity contribution in [2.45, 2.75) is 37.8 Å². The number of hydrogen-bond acceptors (Lipinski definition) is 5. The summed E-state index contributed by atoms with van der Waals surface area (Å²) in [6.07, 6.45) is 5.20. The zero-order valence-electron chi connectivity index (χ0n) is 15.7. The number of nitrogens with zero attached hydrogens (tertiary/aromatic N) is 3. The van der Waals surface area contributed by atoms with Gasteiger partial charge in [-0.15, -0.1) is 0 Å². The van der Waals surface area contributed by atoms with E-state index in [9.17, 15) is 9.59 Å². The first-order valence-corrected chi connectivity index (χ1v) is 9.64. The minimum absolute atomic E-state index is 0.0104. The fraction of sp³-hybridized carbons (Fsp3) is 0.333. The lowest BCUT2D eigenvalue weighted by atomic mass is 9.53. The van der Waals surface area contributed by atoms with Gasteiger partial charge in [-0.1, -0.05) is 18.2 Å². The van der Waals surface area contributed by atoms with Gasteiger partial charge in [-0.05, 0) is 49.3 Å². The molecule has 0 aliphatic heterocycles. The molecule has 8 heteroatoms. The van der Waals surface area contributed by atoms with E-state index in [1.807, 2.05) is 24.3 Å². The topological polar surface area (TPSA) is 126 Å².